The van der Waals surface area contributed by atoms with Crippen molar-refractivity contribution in [3.05, 3.63) is 92.5 Å². The van der Waals surface area contributed by atoms with Gasteiger partial charge in [-0.05, 0) is 74.7 Å². The molecule has 0 amide bonds. The summed E-state index contributed by atoms with van der Waals surface area (Å²) >= 11 is 12.5. The number of para-hydroxylation sites is 1. The third-order valence-corrected chi connectivity index (χ3v) is 5.83. The van der Waals surface area contributed by atoms with Crippen molar-refractivity contribution in [2.45, 2.75) is 27.7 Å². The van der Waals surface area contributed by atoms with Gasteiger partial charge in [0.25, 0.3) is 0 Å². The van der Waals surface area contributed by atoms with Crippen molar-refractivity contribution in [3.8, 4) is 17.0 Å². The van der Waals surface area contributed by atoms with E-state index in [-0.39, 0.29) is 0 Å². The van der Waals surface area contributed by atoms with E-state index in [1.807, 2.05) is 64.1 Å². The van der Waals surface area contributed by atoms with Gasteiger partial charge in [0.05, 0.1) is 21.8 Å². The Morgan fingerprint density at radius 1 is 0.871 bits per heavy atom. The van der Waals surface area contributed by atoms with Crippen LogP contribution in [0.4, 0.5) is 0 Å². The normalized spacial score (nSPS) is 11.0. The Balaban J connectivity index is 1.93. The average molecular weight is 450 g/mol. The number of benzene rings is 3. The molecular weight excluding hydrogens is 429 g/mol. The molecule has 0 saturated heterocycles. The number of aromatic nitrogens is 1. The van der Waals surface area contributed by atoms with Crippen LogP contribution in [-0.4, -0.2) is 11.0 Å². The summed E-state index contributed by atoms with van der Waals surface area (Å²) in [6.07, 6.45) is 0. The van der Waals surface area contributed by atoms with Crippen LogP contribution >= 0.6 is 23.2 Å². The summed E-state index contributed by atoms with van der Waals surface area (Å²) in [5, 5.41) is 1.76. The number of carbonyl (C=O) groups excluding carboxylic acids is 1. The summed E-state index contributed by atoms with van der Waals surface area (Å²) in [7, 11) is 0. The molecular formula is C26H21Cl2NO2. The number of rotatable bonds is 3. The van der Waals surface area contributed by atoms with E-state index >= 15 is 0 Å². The van der Waals surface area contributed by atoms with Crippen molar-refractivity contribution in [1.82, 2.24) is 4.98 Å². The van der Waals surface area contributed by atoms with Crippen LogP contribution in [-0.2, 0) is 0 Å². The second-order valence-electron chi connectivity index (χ2n) is 7.77. The van der Waals surface area contributed by atoms with Crippen LogP contribution in [0.15, 0.2) is 54.6 Å². The average Bonchev–Trinajstić information content (AvgIpc) is 2.70. The number of pyridine rings is 1. The monoisotopic (exact) mass is 449 g/mol. The summed E-state index contributed by atoms with van der Waals surface area (Å²) < 4.78 is 5.87. The van der Waals surface area contributed by atoms with Crippen molar-refractivity contribution in [3.63, 3.8) is 0 Å². The number of hydrogen-bond donors (Lipinski definition) is 0. The molecule has 0 aliphatic carbocycles. The van der Waals surface area contributed by atoms with E-state index in [2.05, 4.69) is 0 Å². The summed E-state index contributed by atoms with van der Waals surface area (Å²) in [5.41, 5.74) is 6.31. The molecule has 1 heterocycles. The van der Waals surface area contributed by atoms with Crippen LogP contribution < -0.4 is 4.74 Å². The fourth-order valence-electron chi connectivity index (χ4n) is 3.79. The summed E-state index contributed by atoms with van der Waals surface area (Å²) in [6.45, 7) is 7.83. The molecule has 0 bridgehead atoms. The Morgan fingerprint density at radius 2 is 1.58 bits per heavy atom. The number of carbonyl (C=O) groups is 1. The lowest BCUT2D eigenvalue weighted by Gasteiger charge is -2.15. The minimum atomic E-state index is -0.430. The van der Waals surface area contributed by atoms with E-state index < -0.39 is 5.97 Å². The highest BCUT2D eigenvalue weighted by Crippen LogP contribution is 2.34. The molecule has 0 unspecified atom stereocenters. The lowest BCUT2D eigenvalue weighted by Crippen LogP contribution is -2.12. The lowest BCUT2D eigenvalue weighted by molar-refractivity contribution is 0.0734. The molecule has 0 N–H and O–H groups in total. The molecule has 31 heavy (non-hydrogen) atoms. The molecule has 0 aliphatic rings. The van der Waals surface area contributed by atoms with Crippen molar-refractivity contribution < 1.29 is 9.53 Å². The van der Waals surface area contributed by atoms with Gasteiger partial charge in [0.2, 0.25) is 0 Å². The first-order valence-corrected chi connectivity index (χ1v) is 10.7. The fourth-order valence-corrected chi connectivity index (χ4v) is 4.30. The number of nitrogens with zero attached hydrogens (tertiary/aromatic N) is 1. The second kappa shape index (κ2) is 8.33. The minimum Gasteiger partial charge on any atom is -0.422 e. The van der Waals surface area contributed by atoms with Gasteiger partial charge in [0.1, 0.15) is 5.75 Å². The molecule has 4 rings (SSSR count). The van der Waals surface area contributed by atoms with Crippen molar-refractivity contribution in [1.29, 1.82) is 0 Å². The topological polar surface area (TPSA) is 39.2 Å². The quantitative estimate of drug-likeness (QED) is 0.238. The zero-order valence-electron chi connectivity index (χ0n) is 17.7. The van der Waals surface area contributed by atoms with Crippen molar-refractivity contribution in [2.75, 3.05) is 0 Å². The summed E-state index contributed by atoms with van der Waals surface area (Å²) in [4.78, 5) is 18.2. The molecule has 0 spiro atoms. The maximum absolute atomic E-state index is 13.4. The van der Waals surface area contributed by atoms with Crippen LogP contribution in [0.3, 0.4) is 0 Å². The third kappa shape index (κ3) is 4.16. The highest BCUT2D eigenvalue weighted by atomic mass is 35.5. The smallest absolute Gasteiger partial charge is 0.344 e. The molecule has 1 aromatic heterocycles. The van der Waals surface area contributed by atoms with Gasteiger partial charge in [-0.2, -0.15) is 0 Å². The molecule has 4 aromatic rings. The minimum absolute atomic E-state index is 0.430. The van der Waals surface area contributed by atoms with Gasteiger partial charge < -0.3 is 4.74 Å². The molecule has 0 radical (unpaired) electrons. The van der Waals surface area contributed by atoms with Gasteiger partial charge in [0.15, 0.2) is 0 Å². The Morgan fingerprint density at radius 3 is 2.26 bits per heavy atom. The summed E-state index contributed by atoms with van der Waals surface area (Å²) in [6, 6.07) is 16.8. The standard InChI is InChI=1S/C26H21Cl2NO2/c1-14-10-17(4)24-20(11-14)21(26(30)31-25-15(2)6-5-7-16(25)3)13-23(29-24)19-9-8-18(27)12-22(19)28/h5-13H,1-4H3. The van der Waals surface area contributed by atoms with Gasteiger partial charge in [-0.15, -0.1) is 0 Å². The van der Waals surface area contributed by atoms with Crippen LogP contribution in [0.1, 0.15) is 32.6 Å². The van der Waals surface area contributed by atoms with E-state index in [4.69, 9.17) is 32.9 Å². The van der Waals surface area contributed by atoms with Crippen LogP contribution in [0.25, 0.3) is 22.2 Å². The zero-order valence-corrected chi connectivity index (χ0v) is 19.2. The predicted molar refractivity (Wildman–Crippen MR) is 128 cm³/mol. The maximum atomic E-state index is 13.4. The maximum Gasteiger partial charge on any atom is 0.344 e. The Kier molecular flexibility index (Phi) is 5.74. The first-order valence-electron chi connectivity index (χ1n) is 9.90. The third-order valence-electron chi connectivity index (χ3n) is 5.28. The summed E-state index contributed by atoms with van der Waals surface area (Å²) in [5.74, 6) is 0.147. The molecule has 0 saturated carbocycles. The number of halogens is 2. The van der Waals surface area contributed by atoms with Crippen molar-refractivity contribution in [2.24, 2.45) is 0 Å². The van der Waals surface area contributed by atoms with E-state index in [9.17, 15) is 4.79 Å². The van der Waals surface area contributed by atoms with Gasteiger partial charge >= 0.3 is 5.97 Å². The number of hydrogen-bond acceptors (Lipinski definition) is 3. The van der Waals surface area contributed by atoms with Gasteiger partial charge in [0, 0.05) is 16.0 Å². The highest BCUT2D eigenvalue weighted by molar-refractivity contribution is 6.36. The van der Waals surface area contributed by atoms with Gasteiger partial charge in [-0.3, -0.25) is 0 Å². The molecule has 0 atom stereocenters. The molecule has 3 nitrogen and oxygen atoms in total. The molecule has 5 heteroatoms. The lowest BCUT2D eigenvalue weighted by atomic mass is 9.99. The SMILES string of the molecule is Cc1cc(C)c2nc(-c3ccc(Cl)cc3Cl)cc(C(=O)Oc3c(C)cccc3C)c2c1. The second-order valence-corrected chi connectivity index (χ2v) is 8.61. The van der Waals surface area contributed by atoms with Crippen LogP contribution in [0, 0.1) is 27.7 Å². The van der Waals surface area contributed by atoms with Crippen LogP contribution in [0.2, 0.25) is 10.0 Å². The molecule has 3 aromatic carbocycles. The molecule has 0 fully saturated rings. The first-order chi connectivity index (χ1) is 14.7. The van der Waals surface area contributed by atoms with Crippen LogP contribution in [0.5, 0.6) is 5.75 Å². The fraction of sp³-hybridized carbons (Fsp3) is 0.154. The van der Waals surface area contributed by atoms with E-state index in [0.717, 1.165) is 33.2 Å². The zero-order chi connectivity index (χ0) is 22.3. The van der Waals surface area contributed by atoms with Crippen molar-refractivity contribution >= 4 is 40.1 Å². The Bertz CT molecular complexity index is 1330. The highest BCUT2D eigenvalue weighted by Gasteiger charge is 2.20. The Hall–Kier alpha value is -2.88. The van der Waals surface area contributed by atoms with Gasteiger partial charge in [-0.25, -0.2) is 9.78 Å². The number of aryl methyl sites for hydroxylation is 4. The van der Waals surface area contributed by atoms with E-state index in [1.165, 1.54) is 0 Å². The molecule has 0 aliphatic heterocycles. The predicted octanol–water partition coefficient (Wildman–Crippen LogP) is 7.66. The largest absolute Gasteiger partial charge is 0.422 e. The number of ether oxygens (including phenoxy) is 1. The Labute approximate surface area is 191 Å². The molecule has 156 valence electrons. The number of fused-ring (bicyclic) bond motifs is 1. The van der Waals surface area contributed by atoms with E-state index in [1.54, 1.807) is 18.2 Å². The van der Waals surface area contributed by atoms with Gasteiger partial charge in [-0.1, -0.05) is 53.0 Å². The first kappa shape index (κ1) is 21.4. The van der Waals surface area contributed by atoms with E-state index in [0.29, 0.717) is 32.6 Å². The number of esters is 1.